The summed E-state index contributed by atoms with van der Waals surface area (Å²) in [5.74, 6) is -0.660. The molecule has 0 saturated heterocycles. The number of ether oxygens (including phenoxy) is 1. The maximum Gasteiger partial charge on any atom is 0.338 e. The van der Waals surface area contributed by atoms with Crippen LogP contribution < -0.4 is 0 Å². The predicted molar refractivity (Wildman–Crippen MR) is 105 cm³/mol. The summed E-state index contributed by atoms with van der Waals surface area (Å²) in [5.41, 5.74) is 1.79. The van der Waals surface area contributed by atoms with Crippen molar-refractivity contribution in [3.05, 3.63) is 74.4 Å². The third-order valence-corrected chi connectivity index (χ3v) is 5.10. The number of nitro groups is 1. The number of hydrogen-bond donors (Lipinski definition) is 0. The van der Waals surface area contributed by atoms with Gasteiger partial charge in [0.15, 0.2) is 0 Å². The molecule has 0 unspecified atom stereocenters. The SMILES string of the molecule is CSc1ccc2cc(COC(=O)c3ccc(C)c([N+](=O)[O-])c3)c(Cl)nc2c1. The number of fused-ring (bicyclic) bond motifs is 1. The van der Waals surface area contributed by atoms with Crippen molar-refractivity contribution in [2.45, 2.75) is 18.4 Å². The third kappa shape index (κ3) is 4.20. The Morgan fingerprint density at radius 2 is 2.04 bits per heavy atom. The van der Waals surface area contributed by atoms with Crippen molar-refractivity contribution in [2.75, 3.05) is 6.26 Å². The number of thioether (sulfide) groups is 1. The first-order valence-electron chi connectivity index (χ1n) is 7.94. The average Bonchev–Trinajstić information content (AvgIpc) is 2.65. The monoisotopic (exact) mass is 402 g/mol. The quantitative estimate of drug-likeness (QED) is 0.192. The Balaban J connectivity index is 1.80. The van der Waals surface area contributed by atoms with Crippen molar-refractivity contribution in [3.8, 4) is 0 Å². The van der Waals surface area contributed by atoms with E-state index < -0.39 is 10.9 Å². The smallest absolute Gasteiger partial charge is 0.338 e. The van der Waals surface area contributed by atoms with Crippen LogP contribution in [0.1, 0.15) is 21.5 Å². The van der Waals surface area contributed by atoms with Crippen LogP contribution in [0.5, 0.6) is 0 Å². The second-order valence-corrected chi connectivity index (χ2v) is 7.07. The van der Waals surface area contributed by atoms with E-state index in [1.165, 1.54) is 18.2 Å². The molecule has 138 valence electrons. The van der Waals surface area contributed by atoms with Crippen LogP contribution in [-0.4, -0.2) is 22.1 Å². The van der Waals surface area contributed by atoms with Crippen molar-refractivity contribution in [3.63, 3.8) is 0 Å². The first-order chi connectivity index (χ1) is 12.9. The first kappa shape index (κ1) is 19.1. The van der Waals surface area contributed by atoms with Gasteiger partial charge in [-0.15, -0.1) is 11.8 Å². The molecule has 0 bridgehead atoms. The molecule has 3 rings (SSSR count). The minimum atomic E-state index is -0.660. The molecule has 0 aliphatic carbocycles. The minimum absolute atomic E-state index is 0.0768. The third-order valence-electron chi connectivity index (χ3n) is 4.05. The number of hydrogen-bond acceptors (Lipinski definition) is 6. The van der Waals surface area contributed by atoms with Gasteiger partial charge >= 0.3 is 5.97 Å². The summed E-state index contributed by atoms with van der Waals surface area (Å²) in [6, 6.07) is 11.9. The van der Waals surface area contributed by atoms with Gasteiger partial charge in [0.05, 0.1) is 16.0 Å². The number of benzene rings is 2. The molecule has 0 amide bonds. The van der Waals surface area contributed by atoms with Gasteiger partial charge < -0.3 is 4.74 Å². The molecule has 0 saturated carbocycles. The first-order valence-corrected chi connectivity index (χ1v) is 9.54. The van der Waals surface area contributed by atoms with Gasteiger partial charge in [-0.2, -0.15) is 0 Å². The van der Waals surface area contributed by atoms with Crippen LogP contribution >= 0.6 is 23.4 Å². The highest BCUT2D eigenvalue weighted by Crippen LogP contribution is 2.26. The van der Waals surface area contributed by atoms with Gasteiger partial charge in [0, 0.05) is 27.5 Å². The Morgan fingerprint density at radius 3 is 2.74 bits per heavy atom. The molecule has 0 fully saturated rings. The Bertz CT molecular complexity index is 1060. The van der Waals surface area contributed by atoms with E-state index in [0.717, 1.165) is 15.8 Å². The molecule has 3 aromatic rings. The molecule has 0 atom stereocenters. The van der Waals surface area contributed by atoms with Crippen molar-refractivity contribution in [1.82, 2.24) is 4.98 Å². The summed E-state index contributed by atoms with van der Waals surface area (Å²) >= 11 is 7.83. The van der Waals surface area contributed by atoms with Crippen LogP contribution in [0, 0.1) is 17.0 Å². The van der Waals surface area contributed by atoms with Gasteiger partial charge in [0.25, 0.3) is 5.69 Å². The van der Waals surface area contributed by atoms with E-state index in [1.54, 1.807) is 18.7 Å². The van der Waals surface area contributed by atoms with E-state index in [0.29, 0.717) is 11.1 Å². The zero-order valence-corrected chi connectivity index (χ0v) is 16.1. The van der Waals surface area contributed by atoms with Crippen molar-refractivity contribution in [1.29, 1.82) is 0 Å². The lowest BCUT2D eigenvalue weighted by atomic mass is 10.1. The van der Waals surface area contributed by atoms with E-state index in [9.17, 15) is 14.9 Å². The predicted octanol–water partition coefficient (Wildman–Crippen LogP) is 5.18. The number of pyridine rings is 1. The van der Waals surface area contributed by atoms with Crippen LogP contribution in [0.2, 0.25) is 5.15 Å². The number of aromatic nitrogens is 1. The van der Waals surface area contributed by atoms with E-state index in [4.69, 9.17) is 16.3 Å². The number of esters is 1. The number of nitro benzene ring substituents is 1. The number of rotatable bonds is 5. The summed E-state index contributed by atoms with van der Waals surface area (Å²) in [7, 11) is 0. The molecule has 1 aromatic heterocycles. The minimum Gasteiger partial charge on any atom is -0.457 e. The second kappa shape index (κ2) is 7.94. The zero-order chi connectivity index (χ0) is 19.6. The molecular weight excluding hydrogens is 388 g/mol. The molecule has 0 N–H and O–H groups in total. The molecule has 0 aliphatic rings. The summed E-state index contributed by atoms with van der Waals surface area (Å²) in [4.78, 5) is 28.2. The Labute approximate surface area is 164 Å². The van der Waals surface area contributed by atoms with Gasteiger partial charge in [-0.25, -0.2) is 9.78 Å². The molecule has 8 heteroatoms. The van der Waals surface area contributed by atoms with Gasteiger partial charge in [-0.1, -0.05) is 23.7 Å². The Morgan fingerprint density at radius 1 is 1.26 bits per heavy atom. The lowest BCUT2D eigenvalue weighted by molar-refractivity contribution is -0.385. The van der Waals surface area contributed by atoms with Crippen molar-refractivity contribution >= 4 is 45.9 Å². The highest BCUT2D eigenvalue weighted by molar-refractivity contribution is 7.98. The number of carbonyl (C=O) groups excluding carboxylic acids is 1. The molecule has 0 radical (unpaired) electrons. The molecular formula is C19H15ClN2O4S. The van der Waals surface area contributed by atoms with Gasteiger partial charge in [0.1, 0.15) is 11.8 Å². The van der Waals surface area contributed by atoms with Gasteiger partial charge in [0.2, 0.25) is 0 Å². The fourth-order valence-corrected chi connectivity index (χ4v) is 3.19. The Kier molecular flexibility index (Phi) is 5.62. The topological polar surface area (TPSA) is 82.3 Å². The van der Waals surface area contributed by atoms with Crippen LogP contribution in [0.25, 0.3) is 10.9 Å². The highest BCUT2D eigenvalue weighted by atomic mass is 35.5. The van der Waals surface area contributed by atoms with E-state index in [1.807, 2.05) is 30.5 Å². The van der Waals surface area contributed by atoms with Crippen LogP contribution in [-0.2, 0) is 11.3 Å². The van der Waals surface area contributed by atoms with Crippen molar-refractivity contribution < 1.29 is 14.5 Å². The van der Waals surface area contributed by atoms with Crippen molar-refractivity contribution in [2.24, 2.45) is 0 Å². The summed E-state index contributed by atoms with van der Waals surface area (Å²) in [6.45, 7) is 1.53. The van der Waals surface area contributed by atoms with Crippen LogP contribution in [0.3, 0.4) is 0 Å². The summed E-state index contributed by atoms with van der Waals surface area (Å²) in [6.07, 6.45) is 1.98. The largest absolute Gasteiger partial charge is 0.457 e. The summed E-state index contributed by atoms with van der Waals surface area (Å²) in [5, 5.41) is 12.2. The fraction of sp³-hybridized carbons (Fsp3) is 0.158. The van der Waals surface area contributed by atoms with Gasteiger partial charge in [-0.3, -0.25) is 10.1 Å². The molecule has 1 heterocycles. The number of carbonyl (C=O) groups is 1. The molecule has 2 aromatic carbocycles. The van der Waals surface area contributed by atoms with E-state index in [-0.39, 0.29) is 23.0 Å². The standard InChI is InChI=1S/C19H15ClN2O4S/c1-11-3-4-13(8-17(11)22(24)25)19(23)26-10-14-7-12-5-6-15(27-2)9-16(12)21-18(14)20/h3-9H,10H2,1-2H3. The fourth-order valence-electron chi connectivity index (χ4n) is 2.56. The highest BCUT2D eigenvalue weighted by Gasteiger charge is 2.16. The summed E-state index contributed by atoms with van der Waals surface area (Å²) < 4.78 is 5.27. The maximum atomic E-state index is 12.3. The van der Waals surface area contributed by atoms with E-state index in [2.05, 4.69) is 4.98 Å². The molecule has 0 spiro atoms. The van der Waals surface area contributed by atoms with Gasteiger partial charge in [-0.05, 0) is 37.4 Å². The van der Waals surface area contributed by atoms with Crippen LogP contribution in [0.4, 0.5) is 5.69 Å². The maximum absolute atomic E-state index is 12.3. The normalized spacial score (nSPS) is 10.8. The Hall–Kier alpha value is -2.64. The number of halogens is 1. The zero-order valence-electron chi connectivity index (χ0n) is 14.6. The number of nitrogens with zero attached hydrogens (tertiary/aromatic N) is 2. The van der Waals surface area contributed by atoms with Crippen LogP contribution in [0.15, 0.2) is 47.4 Å². The molecule has 6 nitrogen and oxygen atoms in total. The molecule has 27 heavy (non-hydrogen) atoms. The second-order valence-electron chi connectivity index (χ2n) is 5.83. The lowest BCUT2D eigenvalue weighted by Crippen LogP contribution is -2.07. The number of aryl methyl sites for hydroxylation is 1. The lowest BCUT2D eigenvalue weighted by Gasteiger charge is -2.09. The van der Waals surface area contributed by atoms with E-state index >= 15 is 0 Å². The molecule has 0 aliphatic heterocycles. The average molecular weight is 403 g/mol.